The first-order chi connectivity index (χ1) is 30.9. The van der Waals surface area contributed by atoms with Gasteiger partial charge >= 0.3 is 6.18 Å². The van der Waals surface area contributed by atoms with E-state index in [1.807, 2.05) is 54.3 Å². The number of anilines is 2. The number of benzene rings is 3. The van der Waals surface area contributed by atoms with E-state index in [1.165, 1.54) is 0 Å². The minimum atomic E-state index is -4.63. The summed E-state index contributed by atoms with van der Waals surface area (Å²) in [6.45, 7) is 4.00. The summed E-state index contributed by atoms with van der Waals surface area (Å²) >= 11 is 6.21. The predicted molar refractivity (Wildman–Crippen MR) is 229 cm³/mol. The molecule has 0 aliphatic carbocycles. The maximum Gasteiger partial charge on any atom is 0.416 e. The van der Waals surface area contributed by atoms with Crippen molar-refractivity contribution in [2.45, 2.75) is 58.7 Å². The largest absolute Gasteiger partial charge is 0.497 e. The number of hydrogen-bond donors (Lipinski definition) is 1. The van der Waals surface area contributed by atoms with Crippen LogP contribution in [0.1, 0.15) is 57.5 Å². The number of fused-ring (bicyclic) bond motifs is 3. The predicted octanol–water partition coefficient (Wildman–Crippen LogP) is 6.73. The number of halogens is 4. The number of carbonyl (C=O) groups excluding carboxylic acids is 2. The lowest BCUT2D eigenvalue weighted by molar-refractivity contribution is -0.137. The van der Waals surface area contributed by atoms with E-state index in [2.05, 4.69) is 10.4 Å². The molecule has 2 amide bonds. The number of rotatable bonds is 11. The number of pyridine rings is 1. The summed E-state index contributed by atoms with van der Waals surface area (Å²) in [5.74, 6) is 0.944. The van der Waals surface area contributed by atoms with Crippen molar-refractivity contribution in [3.8, 4) is 28.6 Å². The average Bonchev–Trinajstić information content (AvgIpc) is 3.97. The number of aryl methyl sites for hydroxylation is 1. The maximum absolute atomic E-state index is 14.6. The van der Waals surface area contributed by atoms with Crippen LogP contribution in [0.3, 0.4) is 0 Å². The van der Waals surface area contributed by atoms with Gasteiger partial charge in [-0.15, -0.1) is 5.10 Å². The number of piperazine rings is 1. The molecule has 0 spiro atoms. The van der Waals surface area contributed by atoms with E-state index in [-0.39, 0.29) is 85.4 Å². The Balaban J connectivity index is 1.02. The van der Waals surface area contributed by atoms with Crippen molar-refractivity contribution in [2.75, 3.05) is 50.1 Å². The van der Waals surface area contributed by atoms with Gasteiger partial charge in [0.1, 0.15) is 30.3 Å². The third kappa shape index (κ3) is 8.42. The highest BCUT2D eigenvalue weighted by atomic mass is 35.5. The highest BCUT2D eigenvalue weighted by Gasteiger charge is 2.33. The summed E-state index contributed by atoms with van der Waals surface area (Å²) in [5, 5.41) is 6.98. The summed E-state index contributed by atoms with van der Waals surface area (Å²) in [7, 11) is 1.59. The van der Waals surface area contributed by atoms with Crippen LogP contribution in [-0.2, 0) is 54.9 Å². The molecule has 0 bridgehead atoms. The number of aromatic nitrogens is 5. The summed E-state index contributed by atoms with van der Waals surface area (Å²) < 4.78 is 65.8. The molecule has 3 aromatic carbocycles. The van der Waals surface area contributed by atoms with E-state index in [9.17, 15) is 27.6 Å². The molecule has 19 heteroatoms. The Kier molecular flexibility index (Phi) is 11.6. The van der Waals surface area contributed by atoms with E-state index < -0.39 is 23.2 Å². The van der Waals surface area contributed by atoms with E-state index in [0.29, 0.717) is 60.4 Å². The maximum atomic E-state index is 14.6. The highest BCUT2D eigenvalue weighted by molar-refractivity contribution is 6.33. The van der Waals surface area contributed by atoms with Crippen LogP contribution in [0.15, 0.2) is 71.5 Å². The Morgan fingerprint density at radius 3 is 2.47 bits per heavy atom. The zero-order chi connectivity index (χ0) is 44.7. The molecule has 6 aromatic rings. The Bertz CT molecular complexity index is 2840. The third-order valence-electron chi connectivity index (χ3n) is 11.5. The average molecular weight is 899 g/mol. The molecule has 0 radical (unpaired) electrons. The molecule has 0 atom stereocenters. The van der Waals surface area contributed by atoms with Gasteiger partial charge in [-0.2, -0.15) is 22.7 Å². The van der Waals surface area contributed by atoms with Gasteiger partial charge in [-0.3, -0.25) is 14.4 Å². The van der Waals surface area contributed by atoms with E-state index in [0.717, 1.165) is 45.8 Å². The Morgan fingerprint density at radius 1 is 0.953 bits per heavy atom. The number of nitrogens with one attached hydrogen (secondary N) is 1. The highest BCUT2D eigenvalue weighted by Crippen LogP contribution is 2.35. The number of hydrogen-bond acceptors (Lipinski definition) is 11. The van der Waals surface area contributed by atoms with E-state index in [1.54, 1.807) is 22.6 Å². The number of methoxy groups -OCH3 is 1. The Labute approximate surface area is 369 Å². The fourth-order valence-electron chi connectivity index (χ4n) is 8.16. The smallest absolute Gasteiger partial charge is 0.416 e. The van der Waals surface area contributed by atoms with Crippen LogP contribution in [0.5, 0.6) is 17.2 Å². The van der Waals surface area contributed by atoms with Crippen molar-refractivity contribution in [3.63, 3.8) is 0 Å². The molecule has 0 unspecified atom stereocenters. The monoisotopic (exact) mass is 898 g/mol. The number of amides is 2. The number of nitrogens with zero attached hydrogens (tertiary/aromatic N) is 7. The van der Waals surface area contributed by atoms with Crippen molar-refractivity contribution < 1.29 is 41.7 Å². The van der Waals surface area contributed by atoms with Crippen LogP contribution in [-0.4, -0.2) is 80.8 Å². The van der Waals surface area contributed by atoms with E-state index >= 15 is 0 Å². The van der Waals surface area contributed by atoms with Crippen molar-refractivity contribution >= 4 is 40.6 Å². The molecule has 15 nitrogen and oxygen atoms in total. The Hall–Kier alpha value is -6.66. The zero-order valence-corrected chi connectivity index (χ0v) is 35.6. The first kappa shape index (κ1) is 42.6. The van der Waals surface area contributed by atoms with Gasteiger partial charge in [0.05, 0.1) is 54.6 Å². The molecule has 1 saturated heterocycles. The first-order valence-corrected chi connectivity index (χ1v) is 21.1. The van der Waals surface area contributed by atoms with Gasteiger partial charge in [-0.05, 0) is 72.4 Å². The molecule has 332 valence electrons. The topological polar surface area (TPSA) is 155 Å². The van der Waals surface area contributed by atoms with Gasteiger partial charge in [0.15, 0.2) is 17.3 Å². The molecular formula is C45H42ClF3N8O7. The minimum Gasteiger partial charge on any atom is -0.497 e. The molecule has 3 aliphatic heterocycles. The second kappa shape index (κ2) is 17.5. The molecule has 0 saturated carbocycles. The zero-order valence-electron chi connectivity index (χ0n) is 34.8. The number of ether oxygens (including phenoxy) is 4. The van der Waals surface area contributed by atoms with Crippen LogP contribution < -0.4 is 30.0 Å². The summed E-state index contributed by atoms with van der Waals surface area (Å²) in [6.07, 6.45) is -2.93. The summed E-state index contributed by atoms with van der Waals surface area (Å²) in [5.41, 5.74) is 3.64. The van der Waals surface area contributed by atoms with Crippen LogP contribution in [0.4, 0.5) is 24.5 Å². The van der Waals surface area contributed by atoms with Gasteiger partial charge in [-0.1, -0.05) is 42.8 Å². The Morgan fingerprint density at radius 2 is 1.73 bits per heavy atom. The van der Waals surface area contributed by atoms with Gasteiger partial charge < -0.3 is 38.6 Å². The van der Waals surface area contributed by atoms with Gasteiger partial charge in [0.25, 0.3) is 11.5 Å². The lowest BCUT2D eigenvalue weighted by atomic mass is 10.1. The fraction of sp³-hybridized carbons (Fsp3) is 0.333. The second-order valence-electron chi connectivity index (χ2n) is 15.6. The van der Waals surface area contributed by atoms with Gasteiger partial charge in [0, 0.05) is 37.8 Å². The SMILES string of the molecule is CCc1c(N2CCN(C(=O)c3nc4c(cc3OCc3ccc(OC)cc3)OCCC4)CC2)c(=O)n2nc(-c3ccc4c(c3)COC4)nc2n1CC(=O)Nc1ccc(C(F)(F)F)cc1Cl. The number of alkyl halides is 3. The molecule has 1 fully saturated rings. The molecular weight excluding hydrogens is 857 g/mol. The molecule has 3 aromatic heterocycles. The van der Waals surface area contributed by atoms with Gasteiger partial charge in [-0.25, -0.2) is 4.98 Å². The van der Waals surface area contributed by atoms with E-state index in [4.69, 9.17) is 40.5 Å². The normalized spacial score (nSPS) is 14.8. The third-order valence-corrected chi connectivity index (χ3v) is 11.8. The fourth-order valence-corrected chi connectivity index (χ4v) is 8.39. The summed E-state index contributed by atoms with van der Waals surface area (Å²) in [4.78, 5) is 55.8. The lowest BCUT2D eigenvalue weighted by Crippen LogP contribution is -2.51. The number of carbonyl (C=O) groups is 2. The first-order valence-electron chi connectivity index (χ1n) is 20.7. The van der Waals surface area contributed by atoms with Crippen molar-refractivity contribution in [3.05, 3.63) is 121 Å². The van der Waals surface area contributed by atoms with Crippen molar-refractivity contribution in [1.29, 1.82) is 0 Å². The quantitative estimate of drug-likeness (QED) is 0.147. The van der Waals surface area contributed by atoms with Gasteiger partial charge in [0.2, 0.25) is 11.7 Å². The molecule has 3 aliphatic rings. The molecule has 1 N–H and O–H groups in total. The lowest BCUT2D eigenvalue weighted by Gasteiger charge is -2.37. The van der Waals surface area contributed by atoms with Crippen molar-refractivity contribution in [2.24, 2.45) is 0 Å². The second-order valence-corrected chi connectivity index (χ2v) is 16.0. The molecule has 9 rings (SSSR count). The van der Waals surface area contributed by atoms with Crippen LogP contribution in [0.25, 0.3) is 17.2 Å². The minimum absolute atomic E-state index is 0.0199. The van der Waals surface area contributed by atoms with Crippen LogP contribution >= 0.6 is 11.6 Å². The molecule has 6 heterocycles. The summed E-state index contributed by atoms with van der Waals surface area (Å²) in [6, 6.07) is 17.5. The standard InChI is InChI=1S/C45H42ClF3N8O7/c1-3-35-40(54-14-16-55(17-15-54)42(59)39-37(21-36-34(51-39)5-4-18-63-36)64-23-26-6-11-31(61-2)12-7-26)43(60)57-44(52-41(53-57)27-8-9-28-24-62-25-29(28)19-27)56(35)22-38(58)50-33-13-10-30(20-32(33)46)45(47,48)49/h6-13,19-21H,3-5,14-18,22-25H2,1-2H3,(H,50,58). The molecule has 64 heavy (non-hydrogen) atoms. The van der Waals surface area contributed by atoms with Crippen LogP contribution in [0.2, 0.25) is 5.02 Å². The van der Waals surface area contributed by atoms with Crippen LogP contribution in [0, 0.1) is 0 Å². The van der Waals surface area contributed by atoms with Crippen molar-refractivity contribution in [1.82, 2.24) is 29.0 Å².